The van der Waals surface area contributed by atoms with Crippen molar-refractivity contribution in [2.24, 2.45) is 11.1 Å². The Morgan fingerprint density at radius 1 is 1.45 bits per heavy atom. The van der Waals surface area contributed by atoms with Gasteiger partial charge in [0.05, 0.1) is 5.69 Å². The van der Waals surface area contributed by atoms with Crippen molar-refractivity contribution in [3.05, 3.63) is 23.0 Å². The summed E-state index contributed by atoms with van der Waals surface area (Å²) in [6.07, 6.45) is 7.80. The second-order valence-corrected chi connectivity index (χ2v) is 6.20. The van der Waals surface area contributed by atoms with Gasteiger partial charge in [0, 0.05) is 12.6 Å². The van der Waals surface area contributed by atoms with E-state index in [2.05, 4.69) is 10.3 Å². The van der Waals surface area contributed by atoms with Crippen LogP contribution in [0.15, 0.2) is 12.3 Å². The van der Waals surface area contributed by atoms with Crippen LogP contribution in [0.3, 0.4) is 0 Å². The van der Waals surface area contributed by atoms with E-state index in [1.54, 1.807) is 6.20 Å². The van der Waals surface area contributed by atoms with E-state index >= 15 is 0 Å². The number of hydrogen-bond donors (Lipinski definition) is 2. The molecule has 0 radical (unpaired) electrons. The van der Waals surface area contributed by atoms with Crippen molar-refractivity contribution in [2.75, 3.05) is 11.9 Å². The van der Waals surface area contributed by atoms with Crippen LogP contribution in [0.2, 0.25) is 5.15 Å². The van der Waals surface area contributed by atoms with E-state index in [1.807, 2.05) is 13.0 Å². The highest BCUT2D eigenvalue weighted by Gasteiger charge is 2.33. The van der Waals surface area contributed by atoms with Crippen LogP contribution < -0.4 is 11.1 Å². The van der Waals surface area contributed by atoms with Gasteiger partial charge in [-0.25, -0.2) is 4.98 Å². The molecule has 0 saturated heterocycles. The number of amides is 1. The molecule has 1 aromatic heterocycles. The van der Waals surface area contributed by atoms with E-state index in [1.165, 1.54) is 6.42 Å². The van der Waals surface area contributed by atoms with Gasteiger partial charge in [0.1, 0.15) is 0 Å². The lowest BCUT2D eigenvalue weighted by Crippen LogP contribution is -2.36. The molecule has 2 rings (SSSR count). The van der Waals surface area contributed by atoms with E-state index < -0.39 is 0 Å². The minimum atomic E-state index is -0.0357. The van der Waals surface area contributed by atoms with Crippen LogP contribution in [-0.4, -0.2) is 17.4 Å². The number of nitrogens with zero attached hydrogens (tertiary/aromatic N) is 1. The largest absolute Gasteiger partial charge is 0.330 e. The number of halogens is 1. The van der Waals surface area contributed by atoms with Crippen molar-refractivity contribution in [1.29, 1.82) is 0 Å². The average Bonchev–Trinajstić information content (AvgIpc) is 2.44. The molecule has 1 aliphatic rings. The molecule has 0 aliphatic heterocycles. The minimum Gasteiger partial charge on any atom is -0.330 e. The molecule has 3 N–H and O–H groups in total. The third-order valence-corrected chi connectivity index (χ3v) is 4.43. The Morgan fingerprint density at radius 3 is 2.80 bits per heavy atom. The van der Waals surface area contributed by atoms with Crippen molar-refractivity contribution >= 4 is 23.2 Å². The van der Waals surface area contributed by atoms with Crippen molar-refractivity contribution in [3.63, 3.8) is 0 Å². The van der Waals surface area contributed by atoms with Crippen molar-refractivity contribution in [2.45, 2.75) is 45.4 Å². The molecule has 0 aromatic carbocycles. The van der Waals surface area contributed by atoms with E-state index in [0.29, 0.717) is 23.8 Å². The Bertz CT molecular complexity index is 484. The van der Waals surface area contributed by atoms with Gasteiger partial charge in [0.15, 0.2) is 5.15 Å². The first-order chi connectivity index (χ1) is 9.54. The molecule has 1 aliphatic carbocycles. The smallest absolute Gasteiger partial charge is 0.225 e. The number of nitrogens with one attached hydrogen (secondary N) is 1. The van der Waals surface area contributed by atoms with E-state index in [4.69, 9.17) is 17.3 Å². The molecule has 1 saturated carbocycles. The van der Waals surface area contributed by atoms with Crippen LogP contribution in [0.25, 0.3) is 0 Å². The summed E-state index contributed by atoms with van der Waals surface area (Å²) in [5, 5.41) is 3.20. The molecule has 1 fully saturated rings. The molecule has 0 atom stereocenters. The van der Waals surface area contributed by atoms with Gasteiger partial charge in [-0.3, -0.25) is 4.79 Å². The Kier molecular flexibility index (Phi) is 5.00. The third-order valence-electron chi connectivity index (χ3n) is 4.13. The topological polar surface area (TPSA) is 68.0 Å². The molecular weight excluding hydrogens is 274 g/mol. The van der Waals surface area contributed by atoms with Crippen molar-refractivity contribution < 1.29 is 4.79 Å². The van der Waals surface area contributed by atoms with Crippen molar-refractivity contribution in [1.82, 2.24) is 4.98 Å². The quantitative estimate of drug-likeness (QED) is 0.838. The second-order valence-electron chi connectivity index (χ2n) is 5.84. The minimum absolute atomic E-state index is 0.0216. The Balaban J connectivity index is 2.02. The van der Waals surface area contributed by atoms with Crippen molar-refractivity contribution in [3.8, 4) is 0 Å². The van der Waals surface area contributed by atoms with Crippen LogP contribution in [0.5, 0.6) is 0 Å². The van der Waals surface area contributed by atoms with Gasteiger partial charge in [-0.05, 0) is 43.4 Å². The van der Waals surface area contributed by atoms with Gasteiger partial charge < -0.3 is 11.1 Å². The highest BCUT2D eigenvalue weighted by Crippen LogP contribution is 2.38. The molecule has 0 unspecified atom stereocenters. The third kappa shape index (κ3) is 3.70. The molecule has 1 aromatic rings. The molecule has 20 heavy (non-hydrogen) atoms. The monoisotopic (exact) mass is 295 g/mol. The molecule has 5 heteroatoms. The number of nitrogens with two attached hydrogens (primary N) is 1. The van der Waals surface area contributed by atoms with Crippen LogP contribution in [0.1, 0.15) is 44.1 Å². The van der Waals surface area contributed by atoms with E-state index in [-0.39, 0.29) is 11.3 Å². The van der Waals surface area contributed by atoms with Gasteiger partial charge in [-0.15, -0.1) is 0 Å². The number of pyridine rings is 1. The van der Waals surface area contributed by atoms with Gasteiger partial charge >= 0.3 is 0 Å². The van der Waals surface area contributed by atoms with Crippen LogP contribution in [-0.2, 0) is 4.79 Å². The summed E-state index contributed by atoms with van der Waals surface area (Å²) >= 11 is 6.00. The van der Waals surface area contributed by atoms with Gasteiger partial charge in [0.2, 0.25) is 5.91 Å². The summed E-state index contributed by atoms with van der Waals surface area (Å²) in [4.78, 5) is 16.3. The summed E-state index contributed by atoms with van der Waals surface area (Å²) in [6, 6.07) is 1.84. The maximum atomic E-state index is 12.3. The van der Waals surface area contributed by atoms with Gasteiger partial charge in [-0.2, -0.15) is 0 Å². The zero-order valence-corrected chi connectivity index (χ0v) is 12.7. The van der Waals surface area contributed by atoms with Crippen LogP contribution in [0, 0.1) is 12.3 Å². The first-order valence-electron chi connectivity index (χ1n) is 7.17. The molecule has 0 bridgehead atoms. The summed E-state index contributed by atoms with van der Waals surface area (Å²) < 4.78 is 0. The lowest BCUT2D eigenvalue weighted by Gasteiger charge is -2.35. The SMILES string of the molecule is Cc1cnc(Cl)c(NC(=O)CC2(CN)CCCCC2)c1. The Hall–Kier alpha value is -1.13. The van der Waals surface area contributed by atoms with Crippen LogP contribution in [0.4, 0.5) is 5.69 Å². The predicted molar refractivity (Wildman–Crippen MR) is 81.8 cm³/mol. The number of carbonyl (C=O) groups excluding carboxylic acids is 1. The van der Waals surface area contributed by atoms with Gasteiger partial charge in [-0.1, -0.05) is 30.9 Å². The first-order valence-corrected chi connectivity index (χ1v) is 7.54. The fourth-order valence-corrected chi connectivity index (χ4v) is 3.08. The average molecular weight is 296 g/mol. The molecule has 1 amide bonds. The lowest BCUT2D eigenvalue weighted by atomic mass is 9.71. The second kappa shape index (κ2) is 6.55. The number of rotatable bonds is 4. The maximum absolute atomic E-state index is 12.3. The maximum Gasteiger partial charge on any atom is 0.225 e. The number of aromatic nitrogens is 1. The lowest BCUT2D eigenvalue weighted by molar-refractivity contribution is -0.118. The van der Waals surface area contributed by atoms with Gasteiger partial charge in [0.25, 0.3) is 0 Å². The number of aryl methyl sites for hydroxylation is 1. The number of anilines is 1. The summed E-state index contributed by atoms with van der Waals surface area (Å²) in [5.41, 5.74) is 7.43. The predicted octanol–water partition coefficient (Wildman–Crippen LogP) is 3.28. The fourth-order valence-electron chi connectivity index (χ4n) is 2.93. The normalized spacial score (nSPS) is 17.8. The molecule has 0 spiro atoms. The molecular formula is C15H22ClN3O. The number of carbonyl (C=O) groups is 1. The summed E-state index contributed by atoms with van der Waals surface area (Å²) in [7, 11) is 0. The standard InChI is InChI=1S/C15H22ClN3O/c1-11-7-12(14(16)18-9-11)19-13(20)8-15(10-17)5-3-2-4-6-15/h7,9H,2-6,8,10,17H2,1H3,(H,19,20). The van der Waals surface area contributed by atoms with E-state index in [9.17, 15) is 4.79 Å². The highest BCUT2D eigenvalue weighted by atomic mass is 35.5. The molecule has 110 valence electrons. The summed E-state index contributed by atoms with van der Waals surface area (Å²) in [6.45, 7) is 2.49. The summed E-state index contributed by atoms with van der Waals surface area (Å²) in [5.74, 6) is -0.0216. The molecule has 1 heterocycles. The Labute approximate surface area is 125 Å². The number of hydrogen-bond acceptors (Lipinski definition) is 3. The van der Waals surface area contributed by atoms with E-state index in [0.717, 1.165) is 31.2 Å². The Morgan fingerprint density at radius 2 is 2.15 bits per heavy atom. The zero-order chi connectivity index (χ0) is 14.6. The molecule has 4 nitrogen and oxygen atoms in total. The first kappa shape index (κ1) is 15.3. The van der Waals surface area contributed by atoms with Crippen LogP contribution >= 0.6 is 11.6 Å². The zero-order valence-electron chi connectivity index (χ0n) is 11.9. The fraction of sp³-hybridized carbons (Fsp3) is 0.600. The highest BCUT2D eigenvalue weighted by molar-refractivity contribution is 6.32.